The van der Waals surface area contributed by atoms with Crippen molar-refractivity contribution in [3.63, 3.8) is 0 Å². The SMILES string of the molecule is O=C(C1CCCN(c2ccc([N+](=O)[O-])cc2)C1)N1CCOCC1. The van der Waals surface area contributed by atoms with E-state index in [0.717, 1.165) is 25.1 Å². The Labute approximate surface area is 135 Å². The fourth-order valence-corrected chi connectivity index (χ4v) is 3.24. The number of anilines is 1. The van der Waals surface area contributed by atoms with E-state index in [1.54, 1.807) is 12.1 Å². The van der Waals surface area contributed by atoms with Crippen LogP contribution in [0.5, 0.6) is 0 Å². The average molecular weight is 319 g/mol. The molecule has 0 spiro atoms. The monoisotopic (exact) mass is 319 g/mol. The maximum Gasteiger partial charge on any atom is 0.269 e. The molecule has 0 N–H and O–H groups in total. The number of rotatable bonds is 3. The standard InChI is InChI=1S/C16H21N3O4/c20-16(17-8-10-23-11-9-17)13-2-1-7-18(12-13)14-3-5-15(6-4-14)19(21)22/h3-6,13H,1-2,7-12H2. The van der Waals surface area contributed by atoms with Crippen LogP contribution in [0.3, 0.4) is 0 Å². The number of hydrogen-bond donors (Lipinski definition) is 0. The molecule has 124 valence electrons. The van der Waals surface area contributed by atoms with Crippen LogP contribution in [-0.2, 0) is 9.53 Å². The number of piperidine rings is 1. The molecule has 2 heterocycles. The molecule has 1 aromatic rings. The van der Waals surface area contributed by atoms with Crippen LogP contribution in [-0.4, -0.2) is 55.1 Å². The van der Waals surface area contributed by atoms with Crippen LogP contribution < -0.4 is 4.90 Å². The first-order valence-corrected chi connectivity index (χ1v) is 8.01. The summed E-state index contributed by atoms with van der Waals surface area (Å²) in [7, 11) is 0. The molecule has 2 fully saturated rings. The number of non-ortho nitro benzene ring substituents is 1. The number of nitrogens with zero attached hydrogens (tertiary/aromatic N) is 3. The highest BCUT2D eigenvalue weighted by Crippen LogP contribution is 2.26. The van der Waals surface area contributed by atoms with Crippen molar-refractivity contribution in [2.45, 2.75) is 12.8 Å². The van der Waals surface area contributed by atoms with Crippen molar-refractivity contribution in [2.24, 2.45) is 5.92 Å². The first-order chi connectivity index (χ1) is 11.1. The number of amides is 1. The smallest absolute Gasteiger partial charge is 0.269 e. The van der Waals surface area contributed by atoms with E-state index < -0.39 is 4.92 Å². The van der Waals surface area contributed by atoms with Crippen LogP contribution >= 0.6 is 0 Å². The normalized spacial score (nSPS) is 22.0. The Morgan fingerprint density at radius 3 is 2.52 bits per heavy atom. The topological polar surface area (TPSA) is 75.9 Å². The molecule has 2 aliphatic rings. The highest BCUT2D eigenvalue weighted by atomic mass is 16.6. The van der Waals surface area contributed by atoms with Crippen molar-refractivity contribution < 1.29 is 14.5 Å². The van der Waals surface area contributed by atoms with E-state index in [2.05, 4.69) is 4.90 Å². The van der Waals surface area contributed by atoms with Crippen LogP contribution in [0.2, 0.25) is 0 Å². The van der Waals surface area contributed by atoms with Crippen molar-refractivity contribution >= 4 is 17.3 Å². The molecule has 0 radical (unpaired) electrons. The van der Waals surface area contributed by atoms with E-state index in [1.807, 2.05) is 4.90 Å². The summed E-state index contributed by atoms with van der Waals surface area (Å²) < 4.78 is 5.30. The zero-order chi connectivity index (χ0) is 16.2. The molecular weight excluding hydrogens is 298 g/mol. The highest BCUT2D eigenvalue weighted by Gasteiger charge is 2.30. The maximum absolute atomic E-state index is 12.6. The van der Waals surface area contributed by atoms with Gasteiger partial charge in [0, 0.05) is 44.0 Å². The fourth-order valence-electron chi connectivity index (χ4n) is 3.24. The predicted molar refractivity (Wildman–Crippen MR) is 85.4 cm³/mol. The molecule has 3 rings (SSSR count). The second kappa shape index (κ2) is 6.95. The number of nitro groups is 1. The molecule has 7 heteroatoms. The predicted octanol–water partition coefficient (Wildman–Crippen LogP) is 1.67. The van der Waals surface area contributed by atoms with Gasteiger partial charge in [0.2, 0.25) is 5.91 Å². The lowest BCUT2D eigenvalue weighted by molar-refractivity contribution is -0.384. The highest BCUT2D eigenvalue weighted by molar-refractivity contribution is 5.80. The molecule has 7 nitrogen and oxygen atoms in total. The third kappa shape index (κ3) is 3.61. The Bertz CT molecular complexity index is 569. The number of nitro benzene ring substituents is 1. The van der Waals surface area contributed by atoms with Gasteiger partial charge in [0.15, 0.2) is 0 Å². The minimum atomic E-state index is -0.398. The molecule has 1 unspecified atom stereocenters. The number of morpholine rings is 1. The summed E-state index contributed by atoms with van der Waals surface area (Å²) in [6.07, 6.45) is 1.86. The lowest BCUT2D eigenvalue weighted by Gasteiger charge is -2.37. The van der Waals surface area contributed by atoms with Gasteiger partial charge in [-0.3, -0.25) is 14.9 Å². The van der Waals surface area contributed by atoms with Gasteiger partial charge >= 0.3 is 0 Å². The fraction of sp³-hybridized carbons (Fsp3) is 0.562. The van der Waals surface area contributed by atoms with Crippen LogP contribution in [0.4, 0.5) is 11.4 Å². The van der Waals surface area contributed by atoms with Gasteiger partial charge in [-0.05, 0) is 25.0 Å². The van der Waals surface area contributed by atoms with E-state index in [0.29, 0.717) is 32.8 Å². The maximum atomic E-state index is 12.6. The summed E-state index contributed by atoms with van der Waals surface area (Å²) in [5.41, 5.74) is 1.03. The van der Waals surface area contributed by atoms with Crippen molar-refractivity contribution in [3.8, 4) is 0 Å². The molecule has 2 aliphatic heterocycles. The molecule has 2 saturated heterocycles. The number of carbonyl (C=O) groups is 1. The van der Waals surface area contributed by atoms with Crippen molar-refractivity contribution in [1.82, 2.24) is 4.90 Å². The van der Waals surface area contributed by atoms with Gasteiger partial charge in [-0.15, -0.1) is 0 Å². The first-order valence-electron chi connectivity index (χ1n) is 8.01. The summed E-state index contributed by atoms with van der Waals surface area (Å²) in [5, 5.41) is 10.7. The summed E-state index contributed by atoms with van der Waals surface area (Å²) in [6.45, 7) is 4.13. The summed E-state index contributed by atoms with van der Waals surface area (Å²) >= 11 is 0. The lowest BCUT2D eigenvalue weighted by Crippen LogP contribution is -2.48. The first kappa shape index (κ1) is 15.7. The van der Waals surface area contributed by atoms with Gasteiger partial charge < -0.3 is 14.5 Å². The molecule has 1 amide bonds. The number of benzene rings is 1. The van der Waals surface area contributed by atoms with Crippen LogP contribution in [0.25, 0.3) is 0 Å². The Morgan fingerprint density at radius 2 is 1.87 bits per heavy atom. The lowest BCUT2D eigenvalue weighted by atomic mass is 9.95. The molecular formula is C16H21N3O4. The third-order valence-electron chi connectivity index (χ3n) is 4.52. The Morgan fingerprint density at radius 1 is 1.17 bits per heavy atom. The van der Waals surface area contributed by atoms with E-state index in [9.17, 15) is 14.9 Å². The van der Waals surface area contributed by atoms with Crippen molar-refractivity contribution in [1.29, 1.82) is 0 Å². The second-order valence-corrected chi connectivity index (χ2v) is 6.00. The van der Waals surface area contributed by atoms with Gasteiger partial charge in [-0.2, -0.15) is 0 Å². The minimum Gasteiger partial charge on any atom is -0.378 e. The summed E-state index contributed by atoms with van der Waals surface area (Å²) in [6, 6.07) is 6.56. The van der Waals surface area contributed by atoms with Gasteiger partial charge in [0.25, 0.3) is 5.69 Å². The molecule has 1 atom stereocenters. The average Bonchev–Trinajstić information content (AvgIpc) is 2.62. The van der Waals surface area contributed by atoms with Gasteiger partial charge in [0.05, 0.1) is 24.1 Å². The largest absolute Gasteiger partial charge is 0.378 e. The van der Waals surface area contributed by atoms with Crippen LogP contribution in [0.15, 0.2) is 24.3 Å². The number of ether oxygens (including phenoxy) is 1. The third-order valence-corrected chi connectivity index (χ3v) is 4.52. The molecule has 0 saturated carbocycles. The second-order valence-electron chi connectivity index (χ2n) is 6.00. The quantitative estimate of drug-likeness (QED) is 0.626. The molecule has 0 bridgehead atoms. The molecule has 0 aliphatic carbocycles. The van der Waals surface area contributed by atoms with Gasteiger partial charge in [-0.1, -0.05) is 0 Å². The van der Waals surface area contributed by atoms with E-state index >= 15 is 0 Å². The summed E-state index contributed by atoms with van der Waals surface area (Å²) in [5.74, 6) is 0.206. The van der Waals surface area contributed by atoms with Crippen molar-refractivity contribution in [2.75, 3.05) is 44.3 Å². The van der Waals surface area contributed by atoms with Gasteiger partial charge in [0.1, 0.15) is 0 Å². The number of carbonyl (C=O) groups excluding carboxylic acids is 1. The Balaban J connectivity index is 1.65. The molecule has 0 aromatic heterocycles. The van der Waals surface area contributed by atoms with Crippen LogP contribution in [0.1, 0.15) is 12.8 Å². The van der Waals surface area contributed by atoms with Crippen molar-refractivity contribution in [3.05, 3.63) is 34.4 Å². The zero-order valence-corrected chi connectivity index (χ0v) is 13.0. The number of hydrogen-bond acceptors (Lipinski definition) is 5. The van der Waals surface area contributed by atoms with Gasteiger partial charge in [-0.25, -0.2) is 0 Å². The minimum absolute atomic E-state index is 0.00274. The molecule has 23 heavy (non-hydrogen) atoms. The van der Waals surface area contributed by atoms with E-state index in [1.165, 1.54) is 12.1 Å². The summed E-state index contributed by atoms with van der Waals surface area (Å²) in [4.78, 5) is 27.0. The molecule has 1 aromatic carbocycles. The Kier molecular flexibility index (Phi) is 4.76. The van der Waals surface area contributed by atoms with E-state index in [4.69, 9.17) is 4.74 Å². The Hall–Kier alpha value is -2.15. The zero-order valence-electron chi connectivity index (χ0n) is 13.0. The van der Waals surface area contributed by atoms with E-state index in [-0.39, 0.29) is 17.5 Å². The van der Waals surface area contributed by atoms with Crippen LogP contribution in [0, 0.1) is 16.0 Å².